The maximum Gasteiger partial charge on any atom is 0.320 e. The summed E-state index contributed by atoms with van der Waals surface area (Å²) in [6, 6.07) is 3.74. The number of rotatable bonds is 3. The van der Waals surface area contributed by atoms with Crippen LogP contribution in [-0.2, 0) is 4.79 Å². The summed E-state index contributed by atoms with van der Waals surface area (Å²) in [5.74, 6) is -0.593. The summed E-state index contributed by atoms with van der Waals surface area (Å²) in [7, 11) is 0. The molecule has 1 atom stereocenters. The molecule has 1 aromatic heterocycles. The van der Waals surface area contributed by atoms with Crippen LogP contribution in [0, 0.1) is 0 Å². The van der Waals surface area contributed by atoms with Crippen LogP contribution in [0.15, 0.2) is 17.5 Å². The summed E-state index contributed by atoms with van der Waals surface area (Å²) in [6.45, 7) is 2.33. The molecule has 2 saturated heterocycles. The van der Waals surface area contributed by atoms with E-state index in [9.17, 15) is 14.7 Å². The van der Waals surface area contributed by atoms with Crippen molar-refractivity contribution in [1.82, 2.24) is 9.80 Å². The molecule has 1 N–H and O–H groups in total. The van der Waals surface area contributed by atoms with Gasteiger partial charge in [0.15, 0.2) is 0 Å². The van der Waals surface area contributed by atoms with Crippen LogP contribution in [0.2, 0.25) is 0 Å². The molecule has 0 aromatic carbocycles. The molecule has 1 amide bonds. The number of carboxylic acid groups (broad SMARTS) is 1. The molecule has 2 aliphatic rings. The van der Waals surface area contributed by atoms with Gasteiger partial charge in [0, 0.05) is 19.1 Å². The Labute approximate surface area is 128 Å². The molecule has 6 heteroatoms. The summed E-state index contributed by atoms with van der Waals surface area (Å²) in [5, 5.41) is 11.2. The molecule has 114 valence electrons. The lowest BCUT2D eigenvalue weighted by Crippen LogP contribution is -2.49. The van der Waals surface area contributed by atoms with Gasteiger partial charge in [-0.2, -0.15) is 0 Å². The Kier molecular flexibility index (Phi) is 4.26. The number of likely N-dealkylation sites (tertiary alicyclic amines) is 2. The third-order valence-corrected chi connectivity index (χ3v) is 5.39. The highest BCUT2D eigenvalue weighted by atomic mass is 32.1. The van der Waals surface area contributed by atoms with Crippen LogP contribution in [0.25, 0.3) is 0 Å². The van der Waals surface area contributed by atoms with Crippen molar-refractivity contribution in [2.24, 2.45) is 0 Å². The lowest BCUT2D eigenvalue weighted by molar-refractivity contribution is -0.143. The number of thiophene rings is 1. The summed E-state index contributed by atoms with van der Waals surface area (Å²) >= 11 is 1.48. The normalized spacial score (nSPS) is 24.4. The van der Waals surface area contributed by atoms with Gasteiger partial charge >= 0.3 is 5.97 Å². The molecular weight excluding hydrogens is 288 g/mol. The molecular formula is C15H20N2O3S. The molecule has 0 spiro atoms. The van der Waals surface area contributed by atoms with Crippen LogP contribution in [0.4, 0.5) is 0 Å². The average molecular weight is 308 g/mol. The number of amides is 1. The Balaban J connectivity index is 1.58. The van der Waals surface area contributed by atoms with Gasteiger partial charge in [0.25, 0.3) is 5.91 Å². The number of carbonyl (C=O) groups is 2. The lowest BCUT2D eigenvalue weighted by atomic mass is 10.0. The number of hydrogen-bond acceptors (Lipinski definition) is 4. The third kappa shape index (κ3) is 2.96. The summed E-state index contributed by atoms with van der Waals surface area (Å²) in [4.78, 5) is 28.4. The summed E-state index contributed by atoms with van der Waals surface area (Å²) < 4.78 is 0. The van der Waals surface area contributed by atoms with Gasteiger partial charge in [0.1, 0.15) is 6.04 Å². The van der Waals surface area contributed by atoms with Crippen LogP contribution in [-0.4, -0.2) is 58.5 Å². The van der Waals surface area contributed by atoms with E-state index in [2.05, 4.69) is 4.90 Å². The molecule has 3 heterocycles. The zero-order valence-electron chi connectivity index (χ0n) is 11.9. The first-order chi connectivity index (χ1) is 10.2. The van der Waals surface area contributed by atoms with E-state index in [4.69, 9.17) is 0 Å². The molecule has 0 radical (unpaired) electrons. The Morgan fingerprint density at radius 2 is 1.95 bits per heavy atom. The molecule has 1 unspecified atom stereocenters. The zero-order valence-corrected chi connectivity index (χ0v) is 12.7. The predicted molar refractivity (Wildman–Crippen MR) is 80.6 cm³/mol. The highest BCUT2D eigenvalue weighted by molar-refractivity contribution is 7.12. The molecule has 2 aliphatic heterocycles. The third-order valence-electron chi connectivity index (χ3n) is 4.53. The van der Waals surface area contributed by atoms with E-state index in [0.717, 1.165) is 50.2 Å². The van der Waals surface area contributed by atoms with Crippen molar-refractivity contribution < 1.29 is 14.7 Å². The van der Waals surface area contributed by atoms with Crippen molar-refractivity contribution in [2.45, 2.75) is 37.8 Å². The van der Waals surface area contributed by atoms with Crippen molar-refractivity contribution in [3.05, 3.63) is 22.4 Å². The van der Waals surface area contributed by atoms with Crippen LogP contribution in [0.5, 0.6) is 0 Å². The van der Waals surface area contributed by atoms with Gasteiger partial charge in [-0.15, -0.1) is 11.3 Å². The Morgan fingerprint density at radius 1 is 1.19 bits per heavy atom. The second-order valence-corrected chi connectivity index (χ2v) is 6.68. The van der Waals surface area contributed by atoms with Gasteiger partial charge in [0.05, 0.1) is 4.88 Å². The van der Waals surface area contributed by atoms with Crippen LogP contribution < -0.4 is 0 Å². The summed E-state index contributed by atoms with van der Waals surface area (Å²) in [5.41, 5.74) is 0. The molecule has 21 heavy (non-hydrogen) atoms. The summed E-state index contributed by atoms with van der Waals surface area (Å²) in [6.07, 6.45) is 3.47. The smallest absolute Gasteiger partial charge is 0.320 e. The first-order valence-electron chi connectivity index (χ1n) is 7.48. The highest BCUT2D eigenvalue weighted by Crippen LogP contribution is 2.27. The van der Waals surface area contributed by atoms with E-state index in [1.54, 1.807) is 0 Å². The second-order valence-electron chi connectivity index (χ2n) is 5.73. The number of piperidine rings is 1. The van der Waals surface area contributed by atoms with E-state index in [-0.39, 0.29) is 11.9 Å². The van der Waals surface area contributed by atoms with Gasteiger partial charge < -0.3 is 10.0 Å². The van der Waals surface area contributed by atoms with Crippen LogP contribution >= 0.6 is 11.3 Å². The first-order valence-corrected chi connectivity index (χ1v) is 8.36. The minimum atomic E-state index is -0.704. The molecule has 0 bridgehead atoms. The lowest BCUT2D eigenvalue weighted by Gasteiger charge is -2.38. The van der Waals surface area contributed by atoms with E-state index in [0.29, 0.717) is 6.04 Å². The van der Waals surface area contributed by atoms with Crippen molar-refractivity contribution in [2.75, 3.05) is 19.6 Å². The van der Waals surface area contributed by atoms with Crippen molar-refractivity contribution in [3.8, 4) is 0 Å². The zero-order chi connectivity index (χ0) is 14.8. The standard InChI is InChI=1S/C15H20N2O3S/c18-14(13-4-2-10-21-13)16-8-5-11(6-9-16)17-7-1-3-12(17)15(19)20/h2,4,10-12H,1,3,5-9H2,(H,19,20). The monoisotopic (exact) mass is 308 g/mol. The Bertz CT molecular complexity index is 509. The van der Waals surface area contributed by atoms with E-state index in [1.807, 2.05) is 22.4 Å². The molecule has 3 rings (SSSR count). The molecule has 5 nitrogen and oxygen atoms in total. The Morgan fingerprint density at radius 3 is 2.57 bits per heavy atom. The van der Waals surface area contributed by atoms with E-state index >= 15 is 0 Å². The predicted octanol–water partition coefficient (Wildman–Crippen LogP) is 1.90. The number of hydrogen-bond donors (Lipinski definition) is 1. The number of carbonyl (C=O) groups excluding carboxylic acids is 1. The van der Waals surface area contributed by atoms with Crippen LogP contribution in [0.3, 0.4) is 0 Å². The molecule has 2 fully saturated rings. The molecule has 1 aromatic rings. The topological polar surface area (TPSA) is 60.9 Å². The number of aliphatic carboxylic acids is 1. The second kappa shape index (κ2) is 6.15. The fourth-order valence-electron chi connectivity index (χ4n) is 3.45. The largest absolute Gasteiger partial charge is 0.480 e. The average Bonchev–Trinajstić information content (AvgIpc) is 3.18. The first kappa shape index (κ1) is 14.5. The van der Waals surface area contributed by atoms with E-state index < -0.39 is 5.97 Å². The molecule has 0 aliphatic carbocycles. The SMILES string of the molecule is O=C(O)C1CCCN1C1CCN(C(=O)c2cccs2)CC1. The van der Waals surface area contributed by atoms with E-state index in [1.165, 1.54) is 11.3 Å². The van der Waals surface area contributed by atoms with Gasteiger partial charge in [-0.1, -0.05) is 6.07 Å². The maximum absolute atomic E-state index is 12.3. The quantitative estimate of drug-likeness (QED) is 0.926. The fourth-order valence-corrected chi connectivity index (χ4v) is 4.14. The maximum atomic E-state index is 12.3. The highest BCUT2D eigenvalue weighted by Gasteiger charge is 2.37. The van der Waals surface area contributed by atoms with Gasteiger partial charge in [-0.05, 0) is 43.7 Å². The molecule has 0 saturated carbocycles. The van der Waals surface area contributed by atoms with Gasteiger partial charge in [-0.3, -0.25) is 14.5 Å². The van der Waals surface area contributed by atoms with Crippen LogP contribution in [0.1, 0.15) is 35.4 Å². The number of nitrogens with zero attached hydrogens (tertiary/aromatic N) is 2. The van der Waals surface area contributed by atoms with Crippen molar-refractivity contribution in [3.63, 3.8) is 0 Å². The van der Waals surface area contributed by atoms with Crippen molar-refractivity contribution in [1.29, 1.82) is 0 Å². The Hall–Kier alpha value is -1.40. The minimum Gasteiger partial charge on any atom is -0.480 e. The van der Waals surface area contributed by atoms with Gasteiger partial charge in [0.2, 0.25) is 0 Å². The number of carboxylic acids is 1. The van der Waals surface area contributed by atoms with Crippen molar-refractivity contribution >= 4 is 23.2 Å². The minimum absolute atomic E-state index is 0.111. The fraction of sp³-hybridized carbons (Fsp3) is 0.600. The van der Waals surface area contributed by atoms with Gasteiger partial charge in [-0.25, -0.2) is 0 Å².